The molecule has 0 aliphatic carbocycles. The molecule has 0 fully saturated rings. The summed E-state index contributed by atoms with van der Waals surface area (Å²) in [6.07, 6.45) is 0.232. The van der Waals surface area contributed by atoms with Crippen molar-refractivity contribution in [2.75, 3.05) is 6.61 Å². The molecule has 0 heterocycles. The van der Waals surface area contributed by atoms with E-state index in [2.05, 4.69) is 6.92 Å². The maximum atomic E-state index is 11.3. The van der Waals surface area contributed by atoms with Gasteiger partial charge in [0, 0.05) is 6.04 Å². The Bertz CT molecular complexity index is 374. The largest absolute Gasteiger partial charge is 0.466 e. The molecule has 3 nitrogen and oxygen atoms in total. The summed E-state index contributed by atoms with van der Waals surface area (Å²) in [6.45, 7) is 6.28. The Kier molecular flexibility index (Phi) is 4.50. The van der Waals surface area contributed by atoms with Crippen molar-refractivity contribution in [1.29, 1.82) is 0 Å². The lowest BCUT2D eigenvalue weighted by Gasteiger charge is -2.12. The van der Waals surface area contributed by atoms with E-state index in [4.69, 9.17) is 10.5 Å². The van der Waals surface area contributed by atoms with Crippen molar-refractivity contribution < 1.29 is 9.53 Å². The third-order valence-corrected chi connectivity index (χ3v) is 2.65. The third-order valence-electron chi connectivity index (χ3n) is 2.65. The molecule has 0 radical (unpaired) electrons. The van der Waals surface area contributed by atoms with Gasteiger partial charge in [-0.1, -0.05) is 18.2 Å². The van der Waals surface area contributed by atoms with Crippen LogP contribution in [-0.4, -0.2) is 12.6 Å². The lowest BCUT2D eigenvalue weighted by Crippen LogP contribution is -2.17. The quantitative estimate of drug-likeness (QED) is 0.793. The summed E-state index contributed by atoms with van der Waals surface area (Å²) < 4.78 is 4.87. The third kappa shape index (κ3) is 3.35. The van der Waals surface area contributed by atoms with E-state index < -0.39 is 0 Å². The van der Waals surface area contributed by atoms with E-state index in [1.165, 1.54) is 11.1 Å². The van der Waals surface area contributed by atoms with E-state index in [9.17, 15) is 4.79 Å². The Morgan fingerprint density at radius 1 is 1.38 bits per heavy atom. The first-order chi connectivity index (χ1) is 7.54. The van der Waals surface area contributed by atoms with Crippen LogP contribution < -0.4 is 5.73 Å². The smallest absolute Gasteiger partial charge is 0.307 e. The summed E-state index contributed by atoms with van der Waals surface area (Å²) in [6, 6.07) is 5.74. The Morgan fingerprint density at radius 2 is 2.06 bits per heavy atom. The van der Waals surface area contributed by atoms with Crippen molar-refractivity contribution in [3.8, 4) is 0 Å². The van der Waals surface area contributed by atoms with Gasteiger partial charge in [0.25, 0.3) is 0 Å². The van der Waals surface area contributed by atoms with Crippen LogP contribution in [0.3, 0.4) is 0 Å². The van der Waals surface area contributed by atoms with Crippen molar-refractivity contribution in [3.63, 3.8) is 0 Å². The highest BCUT2D eigenvalue weighted by Crippen LogP contribution is 2.18. The lowest BCUT2D eigenvalue weighted by molar-refractivity contribution is -0.143. The molecule has 1 atom stereocenters. The number of benzene rings is 1. The molecule has 0 amide bonds. The van der Waals surface area contributed by atoms with Crippen molar-refractivity contribution in [2.45, 2.75) is 33.2 Å². The maximum absolute atomic E-state index is 11.3. The minimum atomic E-state index is -0.279. The van der Waals surface area contributed by atoms with Gasteiger partial charge in [0.2, 0.25) is 0 Å². The molecule has 0 aliphatic rings. The summed E-state index contributed by atoms with van der Waals surface area (Å²) in [5, 5.41) is 0. The summed E-state index contributed by atoms with van der Waals surface area (Å²) in [7, 11) is 0. The molecule has 0 spiro atoms. The average molecular weight is 221 g/mol. The molecule has 1 aromatic rings. The number of esters is 1. The molecule has 16 heavy (non-hydrogen) atoms. The van der Waals surface area contributed by atoms with Gasteiger partial charge >= 0.3 is 5.97 Å². The number of aryl methyl sites for hydroxylation is 2. The molecule has 0 aromatic heterocycles. The number of ether oxygens (including phenoxy) is 1. The van der Waals surface area contributed by atoms with Crippen LogP contribution in [0.2, 0.25) is 0 Å². The van der Waals surface area contributed by atoms with Crippen LogP contribution in [0.25, 0.3) is 0 Å². The van der Waals surface area contributed by atoms with Crippen LogP contribution in [0.1, 0.15) is 36.1 Å². The van der Waals surface area contributed by atoms with Crippen molar-refractivity contribution >= 4 is 5.97 Å². The fourth-order valence-electron chi connectivity index (χ4n) is 1.51. The molecule has 2 N–H and O–H groups in total. The normalized spacial score (nSPS) is 12.2. The topological polar surface area (TPSA) is 52.3 Å². The van der Waals surface area contributed by atoms with E-state index in [1.54, 1.807) is 6.92 Å². The molecule has 0 saturated heterocycles. The maximum Gasteiger partial charge on any atom is 0.307 e. The number of rotatable bonds is 4. The summed E-state index contributed by atoms with van der Waals surface area (Å²) >= 11 is 0. The highest BCUT2D eigenvalue weighted by Gasteiger charge is 2.12. The van der Waals surface area contributed by atoms with E-state index >= 15 is 0 Å². The van der Waals surface area contributed by atoms with Crippen molar-refractivity contribution in [3.05, 3.63) is 34.9 Å². The first-order valence-electron chi connectivity index (χ1n) is 5.53. The van der Waals surface area contributed by atoms with Gasteiger partial charge in [-0.25, -0.2) is 0 Å². The average Bonchev–Trinajstić information content (AvgIpc) is 2.22. The molecule has 0 unspecified atom stereocenters. The summed E-state index contributed by atoms with van der Waals surface area (Å²) in [5.41, 5.74) is 9.35. The Labute approximate surface area is 96.6 Å². The van der Waals surface area contributed by atoms with Crippen LogP contribution >= 0.6 is 0 Å². The molecule has 0 aliphatic heterocycles. The zero-order valence-electron chi connectivity index (χ0n) is 10.1. The molecule has 3 heteroatoms. The zero-order valence-corrected chi connectivity index (χ0v) is 10.1. The monoisotopic (exact) mass is 221 g/mol. The van der Waals surface area contributed by atoms with Gasteiger partial charge < -0.3 is 10.5 Å². The van der Waals surface area contributed by atoms with Crippen LogP contribution in [0.4, 0.5) is 0 Å². The molecule has 0 bridgehead atoms. The van der Waals surface area contributed by atoms with Gasteiger partial charge in [0.15, 0.2) is 0 Å². The van der Waals surface area contributed by atoms with E-state index in [-0.39, 0.29) is 18.4 Å². The predicted molar refractivity (Wildman–Crippen MR) is 64.1 cm³/mol. The fourth-order valence-corrected chi connectivity index (χ4v) is 1.51. The first kappa shape index (κ1) is 12.7. The number of carbonyl (C=O) groups excluding carboxylic acids is 1. The standard InChI is InChI=1S/C13H19NO2/c1-4-16-13(15)8-12(14)11-6-5-9(2)10(3)7-11/h5-7,12H,4,8,14H2,1-3H3/t12-/m0/s1. The van der Waals surface area contributed by atoms with Gasteiger partial charge in [0.1, 0.15) is 0 Å². The number of hydrogen-bond donors (Lipinski definition) is 1. The van der Waals surface area contributed by atoms with Gasteiger partial charge in [0.05, 0.1) is 13.0 Å². The molecule has 1 aromatic carbocycles. The molecular formula is C13H19NO2. The van der Waals surface area contributed by atoms with Crippen molar-refractivity contribution in [1.82, 2.24) is 0 Å². The van der Waals surface area contributed by atoms with E-state index in [0.29, 0.717) is 6.61 Å². The number of carbonyl (C=O) groups is 1. The minimum absolute atomic E-state index is 0.232. The minimum Gasteiger partial charge on any atom is -0.466 e. The summed E-state index contributed by atoms with van der Waals surface area (Å²) in [5.74, 6) is -0.242. The van der Waals surface area contributed by atoms with Gasteiger partial charge in [-0.2, -0.15) is 0 Å². The highest BCUT2D eigenvalue weighted by atomic mass is 16.5. The predicted octanol–water partition coefficient (Wildman–Crippen LogP) is 2.26. The van der Waals surface area contributed by atoms with Gasteiger partial charge in [-0.05, 0) is 37.5 Å². The van der Waals surface area contributed by atoms with Gasteiger partial charge in [-0.3, -0.25) is 4.79 Å². The highest BCUT2D eigenvalue weighted by molar-refractivity contribution is 5.70. The van der Waals surface area contributed by atoms with Crippen LogP contribution in [-0.2, 0) is 9.53 Å². The van der Waals surface area contributed by atoms with Crippen LogP contribution in [0.15, 0.2) is 18.2 Å². The molecule has 88 valence electrons. The van der Waals surface area contributed by atoms with Crippen LogP contribution in [0.5, 0.6) is 0 Å². The number of hydrogen-bond acceptors (Lipinski definition) is 3. The summed E-state index contributed by atoms with van der Waals surface area (Å²) in [4.78, 5) is 11.3. The van der Waals surface area contributed by atoms with Crippen molar-refractivity contribution in [2.24, 2.45) is 5.73 Å². The Hall–Kier alpha value is -1.35. The zero-order chi connectivity index (χ0) is 12.1. The lowest BCUT2D eigenvalue weighted by atomic mass is 10.00. The number of nitrogens with two attached hydrogens (primary N) is 1. The first-order valence-corrected chi connectivity index (χ1v) is 5.53. The molecule has 1 rings (SSSR count). The SMILES string of the molecule is CCOC(=O)C[C@H](N)c1ccc(C)c(C)c1. The van der Waals surface area contributed by atoms with Crippen LogP contribution in [0, 0.1) is 13.8 Å². The van der Waals surface area contributed by atoms with E-state index in [1.807, 2.05) is 25.1 Å². The second kappa shape index (κ2) is 5.66. The molecular weight excluding hydrogens is 202 g/mol. The Morgan fingerprint density at radius 3 is 2.62 bits per heavy atom. The van der Waals surface area contributed by atoms with Gasteiger partial charge in [-0.15, -0.1) is 0 Å². The second-order valence-corrected chi connectivity index (χ2v) is 3.96. The Balaban J connectivity index is 2.69. The fraction of sp³-hybridized carbons (Fsp3) is 0.462. The molecule has 0 saturated carbocycles. The second-order valence-electron chi connectivity index (χ2n) is 3.96. The van der Waals surface area contributed by atoms with E-state index in [0.717, 1.165) is 5.56 Å².